The lowest BCUT2D eigenvalue weighted by Gasteiger charge is -2.19. The molecule has 0 aromatic carbocycles. The van der Waals surface area contributed by atoms with Crippen molar-refractivity contribution in [3.63, 3.8) is 0 Å². The Hall–Kier alpha value is -2.63. The van der Waals surface area contributed by atoms with Gasteiger partial charge < -0.3 is 13.9 Å². The summed E-state index contributed by atoms with van der Waals surface area (Å²) in [6.07, 6.45) is 1.92. The zero-order chi connectivity index (χ0) is 17.7. The fourth-order valence-electron chi connectivity index (χ4n) is 2.43. The molecule has 0 radical (unpaired) electrons. The minimum absolute atomic E-state index is 0.197. The van der Waals surface area contributed by atoms with Crippen LogP contribution in [0.15, 0.2) is 35.0 Å². The number of aryl methyl sites for hydroxylation is 2. The van der Waals surface area contributed by atoms with Crippen LogP contribution >= 0.6 is 0 Å². The molecule has 0 spiro atoms. The molecule has 0 saturated heterocycles. The Balaban J connectivity index is 2.21. The molecule has 128 valence electrons. The zero-order valence-electron chi connectivity index (χ0n) is 14.2. The average Bonchev–Trinajstić information content (AvgIpc) is 2.91. The van der Waals surface area contributed by atoms with Gasteiger partial charge in [0, 0.05) is 23.5 Å². The van der Waals surface area contributed by atoms with E-state index in [1.54, 1.807) is 45.2 Å². The Bertz CT molecular complexity index is 707. The van der Waals surface area contributed by atoms with Crippen molar-refractivity contribution in [1.82, 2.24) is 4.98 Å². The number of furan rings is 1. The predicted octanol–water partition coefficient (Wildman–Crippen LogP) is 3.24. The molecular weight excluding hydrogens is 310 g/mol. The van der Waals surface area contributed by atoms with Gasteiger partial charge in [0.05, 0.1) is 12.5 Å². The summed E-state index contributed by atoms with van der Waals surface area (Å²) in [5.74, 6) is -0.328. The van der Waals surface area contributed by atoms with Crippen molar-refractivity contribution in [2.45, 2.75) is 39.7 Å². The average molecular weight is 331 g/mol. The van der Waals surface area contributed by atoms with Crippen molar-refractivity contribution in [3.8, 4) is 0 Å². The van der Waals surface area contributed by atoms with Crippen molar-refractivity contribution in [1.29, 1.82) is 0 Å². The van der Waals surface area contributed by atoms with Gasteiger partial charge in [-0.25, -0.2) is 4.79 Å². The number of esters is 2. The zero-order valence-corrected chi connectivity index (χ0v) is 14.2. The Morgan fingerprint density at radius 3 is 2.58 bits per heavy atom. The Kier molecular flexibility index (Phi) is 5.73. The standard InChI is InChI=1S/C18H21NO5/c1-5-22-18(21)16(14-7-6-8-19-10-14)24-17(20)12(3)15-9-11(2)23-13(15)4/h6-10,12,16H,5H2,1-4H3/t12-,16+/m0/s1. The van der Waals surface area contributed by atoms with Crippen LogP contribution in [0, 0.1) is 13.8 Å². The number of hydrogen-bond donors (Lipinski definition) is 0. The predicted molar refractivity (Wildman–Crippen MR) is 86.3 cm³/mol. The molecule has 0 fully saturated rings. The second kappa shape index (κ2) is 7.77. The molecule has 2 heterocycles. The van der Waals surface area contributed by atoms with E-state index in [0.29, 0.717) is 11.3 Å². The molecule has 0 unspecified atom stereocenters. The summed E-state index contributed by atoms with van der Waals surface area (Å²) in [6, 6.07) is 5.13. The summed E-state index contributed by atoms with van der Waals surface area (Å²) in [7, 11) is 0. The Morgan fingerprint density at radius 1 is 1.29 bits per heavy atom. The molecule has 0 amide bonds. The van der Waals surface area contributed by atoms with Crippen molar-refractivity contribution in [3.05, 3.63) is 53.2 Å². The Morgan fingerprint density at radius 2 is 2.04 bits per heavy atom. The minimum Gasteiger partial charge on any atom is -0.466 e. The van der Waals surface area contributed by atoms with E-state index in [9.17, 15) is 9.59 Å². The van der Waals surface area contributed by atoms with E-state index in [1.807, 2.05) is 6.92 Å². The second-order valence-corrected chi connectivity index (χ2v) is 5.45. The van der Waals surface area contributed by atoms with Gasteiger partial charge >= 0.3 is 11.9 Å². The van der Waals surface area contributed by atoms with Gasteiger partial charge in [0.15, 0.2) is 0 Å². The normalized spacial score (nSPS) is 13.2. The Labute approximate surface area is 140 Å². The fourth-order valence-corrected chi connectivity index (χ4v) is 2.43. The lowest BCUT2D eigenvalue weighted by atomic mass is 10.0. The van der Waals surface area contributed by atoms with Gasteiger partial charge in [0.25, 0.3) is 0 Å². The van der Waals surface area contributed by atoms with Gasteiger partial charge in [-0.05, 0) is 39.8 Å². The summed E-state index contributed by atoms with van der Waals surface area (Å²) < 4.78 is 15.9. The number of rotatable bonds is 6. The third-order valence-electron chi connectivity index (χ3n) is 3.62. The molecule has 6 nitrogen and oxygen atoms in total. The molecule has 2 atom stereocenters. The number of hydrogen-bond acceptors (Lipinski definition) is 6. The van der Waals surface area contributed by atoms with Crippen LogP contribution in [0.1, 0.15) is 48.5 Å². The summed E-state index contributed by atoms with van der Waals surface area (Å²) in [4.78, 5) is 28.6. The van der Waals surface area contributed by atoms with Crippen LogP contribution in [0.4, 0.5) is 0 Å². The number of aromatic nitrogens is 1. The van der Waals surface area contributed by atoms with E-state index < -0.39 is 24.0 Å². The quantitative estimate of drug-likeness (QED) is 0.756. The van der Waals surface area contributed by atoms with E-state index in [1.165, 1.54) is 6.20 Å². The monoisotopic (exact) mass is 331 g/mol. The van der Waals surface area contributed by atoms with Crippen molar-refractivity contribution < 1.29 is 23.5 Å². The molecule has 2 aromatic heterocycles. The van der Waals surface area contributed by atoms with E-state index in [-0.39, 0.29) is 6.61 Å². The van der Waals surface area contributed by atoms with Crippen LogP contribution in [-0.2, 0) is 19.1 Å². The summed E-state index contributed by atoms with van der Waals surface area (Å²) >= 11 is 0. The van der Waals surface area contributed by atoms with Crippen molar-refractivity contribution in [2.75, 3.05) is 6.61 Å². The number of pyridine rings is 1. The van der Waals surface area contributed by atoms with Crippen LogP contribution in [0.3, 0.4) is 0 Å². The molecule has 0 bridgehead atoms. The molecule has 0 aliphatic heterocycles. The molecule has 0 N–H and O–H groups in total. The van der Waals surface area contributed by atoms with Gasteiger partial charge in [-0.2, -0.15) is 0 Å². The van der Waals surface area contributed by atoms with Gasteiger partial charge in [-0.15, -0.1) is 0 Å². The van der Waals surface area contributed by atoms with Crippen molar-refractivity contribution >= 4 is 11.9 Å². The first-order valence-corrected chi connectivity index (χ1v) is 7.78. The number of ether oxygens (including phenoxy) is 2. The topological polar surface area (TPSA) is 78.6 Å². The maximum atomic E-state index is 12.5. The lowest BCUT2D eigenvalue weighted by Crippen LogP contribution is -2.24. The molecule has 2 aromatic rings. The number of nitrogens with zero attached hydrogens (tertiary/aromatic N) is 1. The molecule has 0 aliphatic rings. The fraction of sp³-hybridized carbons (Fsp3) is 0.389. The number of carbonyl (C=O) groups is 2. The van der Waals surface area contributed by atoms with Crippen LogP contribution in [0.25, 0.3) is 0 Å². The highest BCUT2D eigenvalue weighted by molar-refractivity contribution is 5.83. The van der Waals surface area contributed by atoms with Gasteiger partial charge in [0.1, 0.15) is 11.5 Å². The first-order valence-electron chi connectivity index (χ1n) is 7.78. The van der Waals surface area contributed by atoms with Crippen molar-refractivity contribution in [2.24, 2.45) is 0 Å². The summed E-state index contributed by atoms with van der Waals surface area (Å²) in [6.45, 7) is 7.20. The molecule has 0 saturated carbocycles. The lowest BCUT2D eigenvalue weighted by molar-refractivity contribution is -0.169. The summed E-state index contributed by atoms with van der Waals surface area (Å²) in [5.41, 5.74) is 1.21. The van der Waals surface area contributed by atoms with Crippen LogP contribution < -0.4 is 0 Å². The van der Waals surface area contributed by atoms with E-state index in [4.69, 9.17) is 13.9 Å². The third-order valence-corrected chi connectivity index (χ3v) is 3.62. The van der Waals surface area contributed by atoms with E-state index >= 15 is 0 Å². The SMILES string of the molecule is CCOC(=O)[C@H](OC(=O)[C@@H](C)c1cc(C)oc1C)c1cccnc1. The molecular formula is C18H21NO5. The largest absolute Gasteiger partial charge is 0.466 e. The van der Waals surface area contributed by atoms with Crippen LogP contribution in [0.5, 0.6) is 0 Å². The third kappa shape index (κ3) is 4.01. The minimum atomic E-state index is -1.14. The van der Waals surface area contributed by atoms with Crippen LogP contribution in [0.2, 0.25) is 0 Å². The highest BCUT2D eigenvalue weighted by atomic mass is 16.6. The van der Waals surface area contributed by atoms with E-state index in [0.717, 1.165) is 11.3 Å². The molecule has 2 rings (SSSR count). The maximum absolute atomic E-state index is 12.5. The van der Waals surface area contributed by atoms with E-state index in [2.05, 4.69) is 4.98 Å². The van der Waals surface area contributed by atoms with Gasteiger partial charge in [-0.3, -0.25) is 9.78 Å². The highest BCUT2D eigenvalue weighted by Gasteiger charge is 2.30. The van der Waals surface area contributed by atoms with Gasteiger partial charge in [-0.1, -0.05) is 6.07 Å². The molecule has 6 heteroatoms. The smallest absolute Gasteiger partial charge is 0.352 e. The first kappa shape index (κ1) is 17.7. The molecule has 0 aliphatic carbocycles. The first-order chi connectivity index (χ1) is 11.4. The van der Waals surface area contributed by atoms with Gasteiger partial charge in [0.2, 0.25) is 6.10 Å². The second-order valence-electron chi connectivity index (χ2n) is 5.45. The summed E-state index contributed by atoms with van der Waals surface area (Å²) in [5, 5.41) is 0. The van der Waals surface area contributed by atoms with Crippen LogP contribution in [-0.4, -0.2) is 23.5 Å². The maximum Gasteiger partial charge on any atom is 0.352 e. The highest BCUT2D eigenvalue weighted by Crippen LogP contribution is 2.27. The molecule has 24 heavy (non-hydrogen) atoms. The number of carbonyl (C=O) groups excluding carboxylic acids is 2.